The highest BCUT2D eigenvalue weighted by Gasteiger charge is 2.54. The summed E-state index contributed by atoms with van der Waals surface area (Å²) in [5.41, 5.74) is 1.55. The van der Waals surface area contributed by atoms with Gasteiger partial charge in [-0.3, -0.25) is 0 Å². The zero-order valence-electron chi connectivity index (χ0n) is 11.2. The van der Waals surface area contributed by atoms with Crippen LogP contribution in [0.3, 0.4) is 0 Å². The summed E-state index contributed by atoms with van der Waals surface area (Å²) in [6.07, 6.45) is 5.87. The largest absolute Gasteiger partial charge is 0.310 e. The lowest BCUT2D eigenvalue weighted by Crippen LogP contribution is -2.24. The molecule has 0 saturated heterocycles. The molecule has 1 heterocycles. The third-order valence-electron chi connectivity index (χ3n) is 4.79. The highest BCUT2D eigenvalue weighted by molar-refractivity contribution is 9.11. The number of rotatable bonds is 4. The maximum atomic E-state index is 3.76. The lowest BCUT2D eigenvalue weighted by Gasteiger charge is -2.18. The third kappa shape index (κ3) is 2.30. The molecule has 1 N–H and O–H groups in total. The molecule has 1 aromatic rings. The molecule has 0 spiro atoms. The Balaban J connectivity index is 1.82. The van der Waals surface area contributed by atoms with E-state index >= 15 is 0 Å². The number of thiophene rings is 1. The van der Waals surface area contributed by atoms with Gasteiger partial charge in [0.25, 0.3) is 0 Å². The predicted molar refractivity (Wildman–Crippen MR) is 82.1 cm³/mol. The molecular weight excluding hydrogens is 306 g/mol. The first-order valence-electron chi connectivity index (χ1n) is 7.21. The molecule has 2 saturated carbocycles. The van der Waals surface area contributed by atoms with Crippen molar-refractivity contribution in [1.82, 2.24) is 5.32 Å². The number of hydrogen-bond donors (Lipinski definition) is 1. The molecule has 3 unspecified atom stereocenters. The fourth-order valence-corrected chi connectivity index (χ4v) is 5.74. The highest BCUT2D eigenvalue weighted by Crippen LogP contribution is 2.60. The Morgan fingerprint density at radius 3 is 2.56 bits per heavy atom. The molecule has 1 aromatic heterocycles. The number of nitrogens with one attached hydrogen (secondary N) is 1. The summed E-state index contributed by atoms with van der Waals surface area (Å²) in [5.74, 6) is 2.94. The Morgan fingerprint density at radius 2 is 2.06 bits per heavy atom. The Morgan fingerprint density at radius 1 is 1.39 bits per heavy atom. The molecule has 0 amide bonds. The van der Waals surface area contributed by atoms with Crippen LogP contribution < -0.4 is 5.32 Å². The van der Waals surface area contributed by atoms with E-state index in [9.17, 15) is 0 Å². The normalized spacial score (nSPS) is 32.1. The van der Waals surface area contributed by atoms with Crippen molar-refractivity contribution in [3.05, 3.63) is 20.3 Å². The van der Waals surface area contributed by atoms with Crippen molar-refractivity contribution in [3.63, 3.8) is 0 Å². The van der Waals surface area contributed by atoms with Gasteiger partial charge in [0, 0.05) is 10.9 Å². The molecule has 0 aliphatic heterocycles. The molecule has 2 fully saturated rings. The van der Waals surface area contributed by atoms with Crippen LogP contribution in [-0.2, 0) is 0 Å². The number of aryl methyl sites for hydroxylation is 1. The molecule has 100 valence electrons. The second kappa shape index (κ2) is 5.26. The van der Waals surface area contributed by atoms with Crippen LogP contribution in [0.25, 0.3) is 0 Å². The molecule has 0 aromatic carbocycles. The lowest BCUT2D eigenvalue weighted by atomic mass is 10.0. The molecule has 3 rings (SSSR count). The molecule has 0 bridgehead atoms. The number of hydrogen-bond acceptors (Lipinski definition) is 2. The lowest BCUT2D eigenvalue weighted by molar-refractivity contribution is 0.456. The second-order valence-electron chi connectivity index (χ2n) is 5.79. The van der Waals surface area contributed by atoms with Crippen molar-refractivity contribution in [2.45, 2.75) is 45.6 Å². The van der Waals surface area contributed by atoms with E-state index in [1.807, 2.05) is 11.3 Å². The van der Waals surface area contributed by atoms with Gasteiger partial charge in [0.15, 0.2) is 0 Å². The van der Waals surface area contributed by atoms with Crippen molar-refractivity contribution in [3.8, 4) is 0 Å². The maximum absolute atomic E-state index is 3.76. The molecule has 3 heteroatoms. The molecule has 18 heavy (non-hydrogen) atoms. The van der Waals surface area contributed by atoms with Gasteiger partial charge in [0.2, 0.25) is 0 Å². The summed E-state index contributed by atoms with van der Waals surface area (Å²) in [6.45, 7) is 5.57. The molecule has 1 nitrogen and oxygen atoms in total. The van der Waals surface area contributed by atoms with Gasteiger partial charge in [-0.15, -0.1) is 11.3 Å². The maximum Gasteiger partial charge on any atom is 0.0704 e. The van der Waals surface area contributed by atoms with Crippen molar-refractivity contribution in [1.29, 1.82) is 0 Å². The van der Waals surface area contributed by atoms with E-state index in [2.05, 4.69) is 41.2 Å². The molecule has 2 aliphatic rings. The first kappa shape index (κ1) is 13.1. The zero-order chi connectivity index (χ0) is 12.7. The van der Waals surface area contributed by atoms with Crippen LogP contribution in [0, 0.1) is 24.7 Å². The minimum Gasteiger partial charge on any atom is -0.310 e. The van der Waals surface area contributed by atoms with Crippen LogP contribution in [0.5, 0.6) is 0 Å². The topological polar surface area (TPSA) is 12.0 Å². The molecule has 3 atom stereocenters. The monoisotopic (exact) mass is 327 g/mol. The van der Waals surface area contributed by atoms with Gasteiger partial charge in [0.05, 0.1) is 3.79 Å². The van der Waals surface area contributed by atoms with Crippen LogP contribution in [0.1, 0.15) is 49.1 Å². The van der Waals surface area contributed by atoms with Gasteiger partial charge in [-0.2, -0.15) is 0 Å². The summed E-state index contributed by atoms with van der Waals surface area (Å²) in [7, 11) is 0. The standard InChI is InChI=1S/C15H22BrNS/c1-3-17-15(12-8-13(16)18-9(12)2)14-10-6-4-5-7-11(10)14/h8,10-11,14-15,17H,3-7H2,1-2H3. The van der Waals surface area contributed by atoms with E-state index in [0.717, 1.165) is 24.3 Å². The van der Waals surface area contributed by atoms with Gasteiger partial charge in [-0.1, -0.05) is 19.8 Å². The van der Waals surface area contributed by atoms with Crippen molar-refractivity contribution < 1.29 is 0 Å². The minimum atomic E-state index is 0.602. The quantitative estimate of drug-likeness (QED) is 0.828. The average molecular weight is 328 g/mol. The molecule has 2 aliphatic carbocycles. The second-order valence-corrected chi connectivity index (χ2v) is 8.42. The fourth-order valence-electron chi connectivity index (χ4n) is 3.98. The average Bonchev–Trinajstić information content (AvgIpc) is 2.98. The van der Waals surface area contributed by atoms with Crippen LogP contribution in [0.4, 0.5) is 0 Å². The minimum absolute atomic E-state index is 0.602. The summed E-state index contributed by atoms with van der Waals surface area (Å²) in [5, 5.41) is 3.76. The highest BCUT2D eigenvalue weighted by atomic mass is 79.9. The van der Waals surface area contributed by atoms with Crippen molar-refractivity contribution in [2.75, 3.05) is 6.54 Å². The Labute approximate surface area is 122 Å². The first-order valence-corrected chi connectivity index (χ1v) is 8.82. The summed E-state index contributed by atoms with van der Waals surface area (Å²) >= 11 is 5.52. The van der Waals surface area contributed by atoms with Gasteiger partial charge < -0.3 is 5.32 Å². The van der Waals surface area contributed by atoms with Gasteiger partial charge >= 0.3 is 0 Å². The Kier molecular flexibility index (Phi) is 3.84. The molecule has 0 radical (unpaired) electrons. The number of halogens is 1. The van der Waals surface area contributed by atoms with Gasteiger partial charge in [-0.25, -0.2) is 0 Å². The Bertz CT molecular complexity index is 416. The predicted octanol–water partition coefficient (Wildman–Crippen LogP) is 4.91. The van der Waals surface area contributed by atoms with E-state index in [1.54, 1.807) is 5.56 Å². The smallest absolute Gasteiger partial charge is 0.0704 e. The van der Waals surface area contributed by atoms with Crippen LogP contribution >= 0.6 is 27.3 Å². The van der Waals surface area contributed by atoms with Crippen LogP contribution in [0.15, 0.2) is 9.85 Å². The summed E-state index contributed by atoms with van der Waals surface area (Å²) < 4.78 is 1.28. The first-order chi connectivity index (χ1) is 8.72. The van der Waals surface area contributed by atoms with E-state index in [-0.39, 0.29) is 0 Å². The van der Waals surface area contributed by atoms with Crippen molar-refractivity contribution >= 4 is 27.3 Å². The zero-order valence-corrected chi connectivity index (χ0v) is 13.6. The van der Waals surface area contributed by atoms with E-state index in [1.165, 1.54) is 34.3 Å². The Hall–Kier alpha value is 0.140. The van der Waals surface area contributed by atoms with E-state index in [4.69, 9.17) is 0 Å². The van der Waals surface area contributed by atoms with Crippen LogP contribution in [0.2, 0.25) is 0 Å². The van der Waals surface area contributed by atoms with Crippen LogP contribution in [-0.4, -0.2) is 6.54 Å². The van der Waals surface area contributed by atoms with Gasteiger partial charge in [0.1, 0.15) is 0 Å². The van der Waals surface area contributed by atoms with E-state index in [0.29, 0.717) is 6.04 Å². The molecular formula is C15H22BrNS. The van der Waals surface area contributed by atoms with Gasteiger partial charge in [-0.05, 0) is 71.6 Å². The van der Waals surface area contributed by atoms with Crippen molar-refractivity contribution in [2.24, 2.45) is 17.8 Å². The fraction of sp³-hybridized carbons (Fsp3) is 0.733. The number of fused-ring (bicyclic) bond motifs is 1. The SMILES string of the molecule is CCNC(c1cc(Br)sc1C)C1C2CCCCC21. The van der Waals surface area contributed by atoms with E-state index < -0.39 is 0 Å². The summed E-state index contributed by atoms with van der Waals surface area (Å²) in [6, 6.07) is 2.95. The summed E-state index contributed by atoms with van der Waals surface area (Å²) in [4.78, 5) is 1.48. The third-order valence-corrected chi connectivity index (χ3v) is 6.36.